The van der Waals surface area contributed by atoms with Crippen LogP contribution in [0.5, 0.6) is 0 Å². The summed E-state index contributed by atoms with van der Waals surface area (Å²) in [4.78, 5) is 11.7. The topological polar surface area (TPSA) is 87.7 Å². The van der Waals surface area contributed by atoms with E-state index >= 15 is 0 Å². The van der Waals surface area contributed by atoms with Crippen molar-refractivity contribution in [1.82, 2.24) is 14.9 Å². The van der Waals surface area contributed by atoms with Crippen molar-refractivity contribution >= 4 is 33.3 Å². The molecule has 29 heavy (non-hydrogen) atoms. The normalized spacial score (nSPS) is 19.7. The number of ether oxygens (including phenoxy) is 1. The second-order valence-corrected chi connectivity index (χ2v) is 9.31. The second-order valence-electron chi connectivity index (χ2n) is 7.22. The van der Waals surface area contributed by atoms with E-state index in [2.05, 4.69) is 19.6 Å². The van der Waals surface area contributed by atoms with Crippen LogP contribution in [0.15, 0.2) is 35.4 Å². The first kappa shape index (κ1) is 21.7. The zero-order valence-corrected chi connectivity index (χ0v) is 18.0. The standard InChI is InChI=1S/C18H23ClFN5O3S/c1-24(2)11-18(28-3)7-8-25(12-18)17-14(19)9-13(10-21-17)29(26,27)23-16-6-4-5-15(20)22-16/h4-6,9-10H,7-8,11-12H2,1-3H3,(H,22,23)/t18-/m1/s1. The Kier molecular flexibility index (Phi) is 6.27. The van der Waals surface area contributed by atoms with Gasteiger partial charge in [-0.3, -0.25) is 4.72 Å². The Labute approximate surface area is 174 Å². The Morgan fingerprint density at radius 3 is 2.79 bits per heavy atom. The molecular formula is C18H23ClFN5O3S. The molecule has 0 bridgehead atoms. The van der Waals surface area contributed by atoms with Gasteiger partial charge in [-0.1, -0.05) is 17.7 Å². The van der Waals surface area contributed by atoms with E-state index in [-0.39, 0.29) is 21.3 Å². The van der Waals surface area contributed by atoms with Crippen LogP contribution in [0.3, 0.4) is 0 Å². The summed E-state index contributed by atoms with van der Waals surface area (Å²) in [5, 5.41) is 0.205. The Bertz CT molecular complexity index is 991. The minimum atomic E-state index is -4.01. The summed E-state index contributed by atoms with van der Waals surface area (Å²) in [6.07, 6.45) is 2.02. The average molecular weight is 444 g/mol. The van der Waals surface area contributed by atoms with Crippen molar-refractivity contribution in [3.05, 3.63) is 41.4 Å². The summed E-state index contributed by atoms with van der Waals surface area (Å²) in [6.45, 7) is 2.02. The second kappa shape index (κ2) is 8.39. The van der Waals surface area contributed by atoms with Crippen LogP contribution in [0.2, 0.25) is 5.02 Å². The van der Waals surface area contributed by atoms with Gasteiger partial charge in [0.25, 0.3) is 10.0 Å². The number of hydrogen-bond donors (Lipinski definition) is 1. The van der Waals surface area contributed by atoms with E-state index < -0.39 is 16.0 Å². The van der Waals surface area contributed by atoms with Crippen LogP contribution in [0.4, 0.5) is 16.0 Å². The molecule has 11 heteroatoms. The minimum Gasteiger partial charge on any atom is -0.375 e. The fourth-order valence-electron chi connectivity index (χ4n) is 3.42. The highest BCUT2D eigenvalue weighted by atomic mass is 35.5. The van der Waals surface area contributed by atoms with E-state index in [1.54, 1.807) is 7.11 Å². The molecule has 3 heterocycles. The number of methoxy groups -OCH3 is 1. The van der Waals surface area contributed by atoms with Crippen molar-refractivity contribution in [2.24, 2.45) is 0 Å². The van der Waals surface area contributed by atoms with Gasteiger partial charge in [-0.15, -0.1) is 0 Å². The van der Waals surface area contributed by atoms with E-state index in [4.69, 9.17) is 16.3 Å². The number of sulfonamides is 1. The predicted octanol–water partition coefficient (Wildman–Crippen LogP) is 2.23. The van der Waals surface area contributed by atoms with Crippen molar-refractivity contribution in [2.45, 2.75) is 16.9 Å². The average Bonchev–Trinajstić information content (AvgIpc) is 3.05. The largest absolute Gasteiger partial charge is 0.375 e. The van der Waals surface area contributed by atoms with Gasteiger partial charge in [0, 0.05) is 32.9 Å². The van der Waals surface area contributed by atoms with Crippen LogP contribution in [-0.4, -0.2) is 69.7 Å². The maximum absolute atomic E-state index is 13.2. The van der Waals surface area contributed by atoms with Crippen LogP contribution in [-0.2, 0) is 14.8 Å². The molecule has 0 aliphatic carbocycles. The van der Waals surface area contributed by atoms with E-state index in [0.717, 1.165) is 19.0 Å². The van der Waals surface area contributed by atoms with Gasteiger partial charge in [-0.25, -0.2) is 18.4 Å². The van der Waals surface area contributed by atoms with E-state index in [0.29, 0.717) is 18.9 Å². The summed E-state index contributed by atoms with van der Waals surface area (Å²) in [7, 11) is 1.63. The number of anilines is 2. The first-order chi connectivity index (χ1) is 13.6. The van der Waals surface area contributed by atoms with Gasteiger partial charge in [-0.05, 0) is 38.7 Å². The molecule has 0 unspecified atom stereocenters. The summed E-state index contributed by atoms with van der Waals surface area (Å²) >= 11 is 6.36. The molecule has 0 radical (unpaired) electrons. The lowest BCUT2D eigenvalue weighted by Crippen LogP contribution is -2.44. The molecule has 0 saturated carbocycles. The maximum atomic E-state index is 13.2. The van der Waals surface area contributed by atoms with Crippen molar-refractivity contribution < 1.29 is 17.5 Å². The molecule has 1 fully saturated rings. The third-order valence-electron chi connectivity index (χ3n) is 4.71. The number of likely N-dealkylation sites (N-methyl/N-ethyl adjacent to an activating group) is 1. The first-order valence-corrected chi connectivity index (χ1v) is 10.8. The highest BCUT2D eigenvalue weighted by Gasteiger charge is 2.40. The smallest absolute Gasteiger partial charge is 0.264 e. The van der Waals surface area contributed by atoms with Crippen LogP contribution in [0, 0.1) is 5.95 Å². The van der Waals surface area contributed by atoms with Gasteiger partial charge in [0.05, 0.1) is 10.6 Å². The Morgan fingerprint density at radius 2 is 2.17 bits per heavy atom. The molecule has 1 N–H and O–H groups in total. The molecule has 1 aliphatic heterocycles. The summed E-state index contributed by atoms with van der Waals surface area (Å²) in [5.41, 5.74) is -0.343. The summed E-state index contributed by atoms with van der Waals surface area (Å²) < 4.78 is 46.3. The maximum Gasteiger partial charge on any atom is 0.264 e. The van der Waals surface area contributed by atoms with Gasteiger partial charge in [0.1, 0.15) is 16.5 Å². The predicted molar refractivity (Wildman–Crippen MR) is 109 cm³/mol. The molecule has 0 amide bonds. The van der Waals surface area contributed by atoms with Crippen molar-refractivity contribution in [3.63, 3.8) is 0 Å². The van der Waals surface area contributed by atoms with Crippen LogP contribution < -0.4 is 9.62 Å². The number of nitrogens with one attached hydrogen (secondary N) is 1. The molecule has 1 aliphatic rings. The van der Waals surface area contributed by atoms with Gasteiger partial charge in [-0.2, -0.15) is 4.39 Å². The fraction of sp³-hybridized carbons (Fsp3) is 0.444. The molecule has 0 aromatic carbocycles. The summed E-state index contributed by atoms with van der Waals surface area (Å²) in [6, 6.07) is 5.16. The van der Waals surface area contributed by atoms with Crippen molar-refractivity contribution in [1.29, 1.82) is 0 Å². The molecule has 2 aromatic rings. The highest BCUT2D eigenvalue weighted by Crippen LogP contribution is 2.33. The molecule has 1 saturated heterocycles. The Hall–Kier alpha value is -2.01. The lowest BCUT2D eigenvalue weighted by atomic mass is 10.0. The van der Waals surface area contributed by atoms with E-state index in [1.807, 2.05) is 19.0 Å². The summed E-state index contributed by atoms with van der Waals surface area (Å²) in [5.74, 6) is -0.421. The van der Waals surface area contributed by atoms with Crippen molar-refractivity contribution in [2.75, 3.05) is 50.5 Å². The number of pyridine rings is 2. The lowest BCUT2D eigenvalue weighted by Gasteiger charge is -2.31. The van der Waals surface area contributed by atoms with Crippen molar-refractivity contribution in [3.8, 4) is 0 Å². The fourth-order valence-corrected chi connectivity index (χ4v) is 4.74. The Morgan fingerprint density at radius 1 is 1.41 bits per heavy atom. The van der Waals surface area contributed by atoms with E-state index in [1.165, 1.54) is 24.4 Å². The number of nitrogens with zero attached hydrogens (tertiary/aromatic N) is 4. The lowest BCUT2D eigenvalue weighted by molar-refractivity contribution is -0.0100. The van der Waals surface area contributed by atoms with Gasteiger partial charge in [0.2, 0.25) is 5.95 Å². The minimum absolute atomic E-state index is 0.127. The van der Waals surface area contributed by atoms with Crippen LogP contribution in [0.1, 0.15) is 6.42 Å². The van der Waals surface area contributed by atoms with Gasteiger partial charge in [0.15, 0.2) is 0 Å². The zero-order chi connectivity index (χ0) is 21.2. The third-order valence-corrected chi connectivity index (χ3v) is 6.31. The monoisotopic (exact) mass is 443 g/mol. The molecule has 1 atom stereocenters. The SMILES string of the molecule is CO[C@@]1(CN(C)C)CCN(c2ncc(S(=O)(=O)Nc3cccc(F)n3)cc2Cl)C1. The molecule has 0 spiro atoms. The Balaban J connectivity index is 1.80. The zero-order valence-electron chi connectivity index (χ0n) is 16.4. The quantitative estimate of drug-likeness (QED) is 0.656. The van der Waals surface area contributed by atoms with E-state index in [9.17, 15) is 12.8 Å². The van der Waals surface area contributed by atoms with Gasteiger partial charge < -0.3 is 14.5 Å². The number of hydrogen-bond acceptors (Lipinski definition) is 7. The molecule has 2 aromatic heterocycles. The number of halogens is 2. The van der Waals surface area contributed by atoms with Crippen LogP contribution >= 0.6 is 11.6 Å². The highest BCUT2D eigenvalue weighted by molar-refractivity contribution is 7.92. The molecule has 8 nitrogen and oxygen atoms in total. The third kappa shape index (κ3) is 4.95. The van der Waals surface area contributed by atoms with Gasteiger partial charge >= 0.3 is 0 Å². The molecule has 3 rings (SSSR count). The number of rotatable bonds is 7. The molecule has 158 valence electrons. The number of aromatic nitrogens is 2. The molecular weight excluding hydrogens is 421 g/mol. The van der Waals surface area contributed by atoms with Crippen LogP contribution in [0.25, 0.3) is 0 Å². The first-order valence-electron chi connectivity index (χ1n) is 8.90.